The molecule has 1 unspecified atom stereocenters. The van der Waals surface area contributed by atoms with Gasteiger partial charge in [0.25, 0.3) is 11.6 Å². The average Bonchev–Trinajstić information content (AvgIpc) is 2.75. The largest absolute Gasteiger partial charge is 0.379 e. The zero-order valence-electron chi connectivity index (χ0n) is 16.1. The maximum atomic E-state index is 11.8. The Labute approximate surface area is 173 Å². The summed E-state index contributed by atoms with van der Waals surface area (Å²) in [5.41, 5.74) is 1.54. The zero-order valence-corrected chi connectivity index (χ0v) is 16.8. The molecule has 154 valence electrons. The molecule has 1 aliphatic rings. The Morgan fingerprint density at radius 2 is 1.93 bits per heavy atom. The van der Waals surface area contributed by atoms with Crippen molar-refractivity contribution in [3.8, 4) is 0 Å². The number of anilines is 1. The van der Waals surface area contributed by atoms with Gasteiger partial charge < -0.3 is 15.4 Å². The van der Waals surface area contributed by atoms with Crippen LogP contribution in [0.15, 0.2) is 42.5 Å². The van der Waals surface area contributed by atoms with Gasteiger partial charge >= 0.3 is 0 Å². The van der Waals surface area contributed by atoms with Crippen LogP contribution in [0.5, 0.6) is 0 Å². The van der Waals surface area contributed by atoms with Crippen molar-refractivity contribution in [1.82, 2.24) is 10.2 Å². The molecule has 2 aromatic carbocycles. The maximum Gasteiger partial charge on any atom is 0.293 e. The molecule has 0 aliphatic carbocycles. The maximum absolute atomic E-state index is 11.8. The Bertz CT molecular complexity index is 869. The number of hydrogen-bond donors (Lipinski definition) is 2. The van der Waals surface area contributed by atoms with Crippen molar-refractivity contribution in [1.29, 1.82) is 0 Å². The van der Waals surface area contributed by atoms with Crippen LogP contribution in [0, 0.1) is 10.1 Å². The zero-order chi connectivity index (χ0) is 20.8. The van der Waals surface area contributed by atoms with E-state index in [2.05, 4.69) is 15.5 Å². The molecule has 0 saturated carbocycles. The lowest BCUT2D eigenvalue weighted by molar-refractivity contribution is -0.384. The number of amides is 1. The van der Waals surface area contributed by atoms with Crippen molar-refractivity contribution in [3.63, 3.8) is 0 Å². The minimum absolute atomic E-state index is 0.00520. The lowest BCUT2D eigenvalue weighted by atomic mass is 10.0. The number of benzene rings is 2. The summed E-state index contributed by atoms with van der Waals surface area (Å²) in [5, 5.41) is 17.9. The van der Waals surface area contributed by atoms with E-state index >= 15 is 0 Å². The van der Waals surface area contributed by atoms with Crippen molar-refractivity contribution in [2.24, 2.45) is 0 Å². The van der Waals surface area contributed by atoms with Gasteiger partial charge in [0.15, 0.2) is 0 Å². The molecule has 3 rings (SSSR count). The van der Waals surface area contributed by atoms with Gasteiger partial charge in [-0.05, 0) is 29.8 Å². The van der Waals surface area contributed by atoms with E-state index in [-0.39, 0.29) is 23.2 Å². The Kier molecular flexibility index (Phi) is 7.03. The van der Waals surface area contributed by atoms with Crippen LogP contribution in [0.4, 0.5) is 11.4 Å². The van der Waals surface area contributed by atoms with Crippen molar-refractivity contribution >= 4 is 28.9 Å². The Morgan fingerprint density at radius 1 is 1.24 bits per heavy atom. The summed E-state index contributed by atoms with van der Waals surface area (Å²) >= 11 is 6.03. The molecule has 1 heterocycles. The van der Waals surface area contributed by atoms with Gasteiger partial charge in [0.2, 0.25) is 0 Å². The fourth-order valence-corrected chi connectivity index (χ4v) is 3.48. The molecule has 1 amide bonds. The highest BCUT2D eigenvalue weighted by atomic mass is 35.5. The summed E-state index contributed by atoms with van der Waals surface area (Å²) in [7, 11) is 1.49. The molecular formula is C20H23ClN4O4. The molecule has 2 aromatic rings. The number of nitro groups is 1. The monoisotopic (exact) mass is 418 g/mol. The standard InChI is InChI=1S/C20H23ClN4O4/c1-22-20(26)15-4-7-17(18(12-15)25(27)28)23-13-19(24-8-10-29-11-9-24)14-2-5-16(21)6-3-14/h2-7,12,19,23H,8-11,13H2,1H3,(H,22,26). The van der Waals surface area contributed by atoms with Gasteiger partial charge in [-0.15, -0.1) is 0 Å². The summed E-state index contributed by atoms with van der Waals surface area (Å²) in [4.78, 5) is 25.1. The number of nitrogens with zero attached hydrogens (tertiary/aromatic N) is 2. The molecule has 1 fully saturated rings. The van der Waals surface area contributed by atoms with Gasteiger partial charge in [-0.25, -0.2) is 0 Å². The number of ether oxygens (including phenoxy) is 1. The van der Waals surface area contributed by atoms with Gasteiger partial charge in [-0.1, -0.05) is 23.7 Å². The van der Waals surface area contributed by atoms with E-state index in [1.165, 1.54) is 13.1 Å². The third-order valence-electron chi connectivity index (χ3n) is 4.91. The number of carbonyl (C=O) groups is 1. The Morgan fingerprint density at radius 3 is 2.55 bits per heavy atom. The molecule has 0 aromatic heterocycles. The molecule has 0 radical (unpaired) electrons. The van der Waals surface area contributed by atoms with Crippen LogP contribution in [0.1, 0.15) is 22.0 Å². The quantitative estimate of drug-likeness (QED) is 0.529. The first kappa shape index (κ1) is 21.0. The first-order valence-corrected chi connectivity index (χ1v) is 9.69. The van der Waals surface area contributed by atoms with E-state index in [9.17, 15) is 14.9 Å². The normalized spacial score (nSPS) is 15.5. The fourth-order valence-electron chi connectivity index (χ4n) is 3.36. The highest BCUT2D eigenvalue weighted by Gasteiger charge is 2.24. The van der Waals surface area contributed by atoms with Crippen LogP contribution >= 0.6 is 11.6 Å². The molecule has 1 atom stereocenters. The number of nitrogens with one attached hydrogen (secondary N) is 2. The van der Waals surface area contributed by atoms with Crippen LogP contribution in [0.25, 0.3) is 0 Å². The van der Waals surface area contributed by atoms with Crippen molar-refractivity contribution in [3.05, 3.63) is 68.7 Å². The second-order valence-electron chi connectivity index (χ2n) is 6.66. The molecule has 8 nitrogen and oxygen atoms in total. The summed E-state index contributed by atoms with van der Waals surface area (Å²) in [5.74, 6) is -0.369. The number of carbonyl (C=O) groups excluding carboxylic acids is 1. The predicted molar refractivity (Wildman–Crippen MR) is 112 cm³/mol. The number of hydrogen-bond acceptors (Lipinski definition) is 6. The minimum Gasteiger partial charge on any atom is -0.379 e. The minimum atomic E-state index is -0.485. The van der Waals surface area contributed by atoms with Crippen LogP contribution in [0.2, 0.25) is 5.02 Å². The van der Waals surface area contributed by atoms with Gasteiger partial charge in [0, 0.05) is 43.3 Å². The molecule has 0 spiro atoms. The molecule has 29 heavy (non-hydrogen) atoms. The smallest absolute Gasteiger partial charge is 0.293 e. The SMILES string of the molecule is CNC(=O)c1ccc(NCC(c2ccc(Cl)cc2)N2CCOCC2)c([N+](=O)[O-])c1. The van der Waals surface area contributed by atoms with E-state index in [4.69, 9.17) is 16.3 Å². The second kappa shape index (κ2) is 9.69. The molecule has 2 N–H and O–H groups in total. The van der Waals surface area contributed by atoms with Gasteiger partial charge in [-0.2, -0.15) is 0 Å². The lowest BCUT2D eigenvalue weighted by Crippen LogP contribution is -2.41. The van der Waals surface area contributed by atoms with Crippen molar-refractivity contribution < 1.29 is 14.5 Å². The molecule has 0 bridgehead atoms. The summed E-state index contributed by atoms with van der Waals surface area (Å²) < 4.78 is 5.45. The first-order chi connectivity index (χ1) is 14.0. The van der Waals surface area contributed by atoms with Gasteiger partial charge in [-0.3, -0.25) is 19.8 Å². The van der Waals surface area contributed by atoms with Gasteiger partial charge in [0.1, 0.15) is 5.69 Å². The van der Waals surface area contributed by atoms with Crippen LogP contribution in [0.3, 0.4) is 0 Å². The summed E-state index contributed by atoms with van der Waals surface area (Å²) in [6.45, 7) is 3.29. The third-order valence-corrected chi connectivity index (χ3v) is 5.16. The molecule has 1 saturated heterocycles. The molecular weight excluding hydrogens is 396 g/mol. The van der Waals surface area contributed by atoms with E-state index in [1.807, 2.05) is 24.3 Å². The Balaban J connectivity index is 1.84. The predicted octanol–water partition coefficient (Wildman–Crippen LogP) is 3.09. The van der Waals surface area contributed by atoms with E-state index in [1.54, 1.807) is 12.1 Å². The lowest BCUT2D eigenvalue weighted by Gasteiger charge is -2.35. The fraction of sp³-hybridized carbons (Fsp3) is 0.350. The highest BCUT2D eigenvalue weighted by molar-refractivity contribution is 6.30. The van der Waals surface area contributed by atoms with E-state index < -0.39 is 4.92 Å². The topological polar surface area (TPSA) is 96.7 Å². The number of morpholine rings is 1. The van der Waals surface area contributed by atoms with Gasteiger partial charge in [0.05, 0.1) is 24.2 Å². The number of nitro benzene ring substituents is 1. The highest BCUT2D eigenvalue weighted by Crippen LogP contribution is 2.29. The van der Waals surface area contributed by atoms with Crippen LogP contribution < -0.4 is 10.6 Å². The molecule has 9 heteroatoms. The third kappa shape index (κ3) is 5.23. The number of halogens is 1. The van der Waals surface area contributed by atoms with Crippen molar-refractivity contribution in [2.45, 2.75) is 6.04 Å². The summed E-state index contributed by atoms with van der Waals surface area (Å²) in [6, 6.07) is 12.0. The summed E-state index contributed by atoms with van der Waals surface area (Å²) in [6.07, 6.45) is 0. The molecule has 1 aliphatic heterocycles. The number of rotatable bonds is 7. The average molecular weight is 419 g/mol. The van der Waals surface area contributed by atoms with Crippen molar-refractivity contribution in [2.75, 3.05) is 45.2 Å². The second-order valence-corrected chi connectivity index (χ2v) is 7.10. The van der Waals surface area contributed by atoms with Crippen LogP contribution in [-0.4, -0.2) is 55.6 Å². The van der Waals surface area contributed by atoms with Crippen LogP contribution in [-0.2, 0) is 4.74 Å². The first-order valence-electron chi connectivity index (χ1n) is 9.31. The Hall–Kier alpha value is -2.68. The van der Waals surface area contributed by atoms with E-state index in [0.29, 0.717) is 30.5 Å². The van der Waals surface area contributed by atoms with E-state index in [0.717, 1.165) is 18.7 Å².